The number of hydrogen-bond acceptors (Lipinski definition) is 2. The van der Waals surface area contributed by atoms with Gasteiger partial charge in [-0.1, -0.05) is 35.9 Å². The smallest absolute Gasteiger partial charge is 0.401 e. The summed E-state index contributed by atoms with van der Waals surface area (Å²) in [7, 11) is 0. The molecule has 1 aromatic rings. The van der Waals surface area contributed by atoms with Crippen LogP contribution in [0.3, 0.4) is 0 Å². The van der Waals surface area contributed by atoms with Gasteiger partial charge in [-0.3, -0.25) is 0 Å². The molecule has 84 valence electrons. The topological polar surface area (TPSA) is 74.6 Å². The molecule has 0 aromatic heterocycles. The van der Waals surface area contributed by atoms with E-state index < -0.39 is 10.9 Å². The Morgan fingerprint density at radius 1 is 1.00 bits per heavy atom. The summed E-state index contributed by atoms with van der Waals surface area (Å²) in [5, 5.41) is 14.4. The van der Waals surface area contributed by atoms with E-state index in [4.69, 9.17) is 19.8 Å². The number of hydrogen-bond donors (Lipinski definition) is 2. The molecular formula is C9H10Cl2O4. The quantitative estimate of drug-likeness (QED) is 0.689. The Kier molecular flexibility index (Phi) is 11.7. The lowest BCUT2D eigenvalue weighted by Gasteiger charge is -1.82. The van der Waals surface area contributed by atoms with Gasteiger partial charge in [0.1, 0.15) is 0 Å². The summed E-state index contributed by atoms with van der Waals surface area (Å²) in [5.74, 6) is 0. The molecule has 0 unspecified atom stereocenters. The lowest BCUT2D eigenvalue weighted by atomic mass is 10.2. The summed E-state index contributed by atoms with van der Waals surface area (Å²) in [4.78, 5) is 17.5. The van der Waals surface area contributed by atoms with Crippen molar-refractivity contribution in [1.29, 1.82) is 0 Å². The summed E-state index contributed by atoms with van der Waals surface area (Å²) >= 11 is 8.38. The SMILES string of the molecule is Cc1ccccc1.O=C(O)Cl.O=C(O)Cl. The Bertz CT molecular complexity index is 267. The van der Waals surface area contributed by atoms with E-state index in [0.29, 0.717) is 0 Å². The van der Waals surface area contributed by atoms with Crippen molar-refractivity contribution in [1.82, 2.24) is 0 Å². The molecule has 0 heterocycles. The number of aryl methyl sites for hydroxylation is 1. The Hall–Kier alpha value is -1.26. The molecule has 0 saturated heterocycles. The van der Waals surface area contributed by atoms with Crippen molar-refractivity contribution in [3.05, 3.63) is 35.9 Å². The van der Waals surface area contributed by atoms with Crippen LogP contribution in [0, 0.1) is 6.92 Å². The van der Waals surface area contributed by atoms with Crippen LogP contribution in [0.15, 0.2) is 30.3 Å². The van der Waals surface area contributed by atoms with E-state index in [1.54, 1.807) is 0 Å². The molecule has 0 spiro atoms. The van der Waals surface area contributed by atoms with E-state index in [0.717, 1.165) is 0 Å². The summed E-state index contributed by atoms with van der Waals surface area (Å²) in [6.07, 6.45) is 0. The first-order valence-electron chi connectivity index (χ1n) is 3.64. The maximum absolute atomic E-state index is 8.77. The predicted molar refractivity (Wildman–Crippen MR) is 58.9 cm³/mol. The van der Waals surface area contributed by atoms with Crippen molar-refractivity contribution >= 4 is 34.1 Å². The molecule has 0 amide bonds. The number of halogens is 2. The van der Waals surface area contributed by atoms with Crippen LogP contribution in [-0.4, -0.2) is 21.1 Å². The fourth-order valence-corrected chi connectivity index (χ4v) is 0.534. The maximum Gasteiger partial charge on any atom is 0.401 e. The number of rotatable bonds is 0. The fraction of sp³-hybridized carbons (Fsp3) is 0.111. The van der Waals surface area contributed by atoms with Gasteiger partial charge in [0, 0.05) is 23.2 Å². The van der Waals surface area contributed by atoms with Crippen molar-refractivity contribution in [2.75, 3.05) is 0 Å². The highest BCUT2D eigenvalue weighted by Gasteiger charge is 1.72. The van der Waals surface area contributed by atoms with Gasteiger partial charge in [-0.2, -0.15) is 0 Å². The van der Waals surface area contributed by atoms with Gasteiger partial charge in [0.05, 0.1) is 0 Å². The largest absolute Gasteiger partial charge is 0.469 e. The Morgan fingerprint density at radius 2 is 1.27 bits per heavy atom. The first-order chi connectivity index (χ1) is 6.86. The number of carboxylic acid groups (broad SMARTS) is 2. The molecule has 6 heteroatoms. The summed E-state index contributed by atoms with van der Waals surface area (Å²) < 4.78 is 0. The second-order valence-electron chi connectivity index (χ2n) is 2.16. The summed E-state index contributed by atoms with van der Waals surface area (Å²) in [5.41, 5.74) is -1.40. The maximum atomic E-state index is 8.77. The number of carbonyl (C=O) groups is 2. The first-order valence-corrected chi connectivity index (χ1v) is 4.40. The molecule has 0 aliphatic rings. The third-order valence-electron chi connectivity index (χ3n) is 0.940. The van der Waals surface area contributed by atoms with Crippen molar-refractivity contribution in [2.24, 2.45) is 0 Å². The molecule has 1 aromatic carbocycles. The molecule has 4 nitrogen and oxygen atoms in total. The summed E-state index contributed by atoms with van der Waals surface area (Å²) in [6, 6.07) is 10.3. The minimum Gasteiger partial charge on any atom is -0.469 e. The van der Waals surface area contributed by atoms with Gasteiger partial charge < -0.3 is 10.2 Å². The molecule has 1 rings (SSSR count). The second kappa shape index (κ2) is 10.8. The molecule has 0 aliphatic heterocycles. The summed E-state index contributed by atoms with van der Waals surface area (Å²) in [6.45, 7) is 2.08. The van der Waals surface area contributed by atoms with Crippen LogP contribution >= 0.6 is 23.2 Å². The number of benzene rings is 1. The molecule has 0 fully saturated rings. The van der Waals surface area contributed by atoms with Crippen LogP contribution in [-0.2, 0) is 0 Å². The van der Waals surface area contributed by atoms with Crippen molar-refractivity contribution in [3.63, 3.8) is 0 Å². The second-order valence-corrected chi connectivity index (χ2v) is 2.81. The third-order valence-corrected chi connectivity index (χ3v) is 0.940. The zero-order valence-electron chi connectivity index (χ0n) is 7.85. The van der Waals surface area contributed by atoms with Gasteiger partial charge in [-0.25, -0.2) is 9.59 Å². The van der Waals surface area contributed by atoms with Crippen LogP contribution in [0.4, 0.5) is 9.59 Å². The van der Waals surface area contributed by atoms with E-state index in [-0.39, 0.29) is 0 Å². The minimum atomic E-state index is -1.36. The normalized spacial score (nSPS) is 7.40. The zero-order chi connectivity index (χ0) is 12.3. The molecule has 0 aliphatic carbocycles. The van der Waals surface area contributed by atoms with Crippen molar-refractivity contribution in [3.8, 4) is 0 Å². The standard InChI is InChI=1S/C7H8.2CHClO2/c1-7-5-3-2-4-6-7;2*2-1(3)4/h2-6H,1H3;2*(H,3,4). The van der Waals surface area contributed by atoms with Gasteiger partial charge in [0.2, 0.25) is 0 Å². The van der Waals surface area contributed by atoms with Gasteiger partial charge in [-0.05, 0) is 6.92 Å². The fourth-order valence-electron chi connectivity index (χ4n) is 0.534. The lowest BCUT2D eigenvalue weighted by molar-refractivity contribution is 0.219. The van der Waals surface area contributed by atoms with Crippen LogP contribution < -0.4 is 0 Å². The first kappa shape index (κ1) is 16.2. The van der Waals surface area contributed by atoms with E-state index >= 15 is 0 Å². The molecule has 15 heavy (non-hydrogen) atoms. The van der Waals surface area contributed by atoms with Crippen LogP contribution in [0.5, 0.6) is 0 Å². The Labute approximate surface area is 97.1 Å². The van der Waals surface area contributed by atoms with Gasteiger partial charge >= 0.3 is 10.9 Å². The Balaban J connectivity index is 0. The monoisotopic (exact) mass is 252 g/mol. The third kappa shape index (κ3) is 32.3. The van der Waals surface area contributed by atoms with Gasteiger partial charge in [0.25, 0.3) is 0 Å². The molecule has 0 radical (unpaired) electrons. The minimum absolute atomic E-state index is 1.32. The molecule has 2 N–H and O–H groups in total. The van der Waals surface area contributed by atoms with Crippen molar-refractivity contribution < 1.29 is 19.8 Å². The zero-order valence-corrected chi connectivity index (χ0v) is 9.37. The van der Waals surface area contributed by atoms with Gasteiger partial charge in [-0.15, -0.1) is 0 Å². The molecule has 0 saturated carbocycles. The predicted octanol–water partition coefficient (Wildman–Crippen LogP) is 3.80. The van der Waals surface area contributed by atoms with Crippen LogP contribution in [0.2, 0.25) is 0 Å². The van der Waals surface area contributed by atoms with Crippen LogP contribution in [0.1, 0.15) is 5.56 Å². The van der Waals surface area contributed by atoms with E-state index in [2.05, 4.69) is 42.3 Å². The average Bonchev–Trinajstić information content (AvgIpc) is 2.03. The van der Waals surface area contributed by atoms with E-state index in [1.807, 2.05) is 18.2 Å². The van der Waals surface area contributed by atoms with Crippen molar-refractivity contribution in [2.45, 2.75) is 6.92 Å². The molecule has 0 bridgehead atoms. The highest BCUT2D eigenvalue weighted by Crippen LogP contribution is 1.92. The average molecular weight is 253 g/mol. The Morgan fingerprint density at radius 3 is 1.40 bits per heavy atom. The van der Waals surface area contributed by atoms with E-state index in [1.165, 1.54) is 5.56 Å². The highest BCUT2D eigenvalue weighted by molar-refractivity contribution is 6.60. The van der Waals surface area contributed by atoms with E-state index in [9.17, 15) is 0 Å². The van der Waals surface area contributed by atoms with Crippen LogP contribution in [0.25, 0.3) is 0 Å². The lowest BCUT2D eigenvalue weighted by Crippen LogP contribution is -1.66. The van der Waals surface area contributed by atoms with Gasteiger partial charge in [0.15, 0.2) is 0 Å². The highest BCUT2D eigenvalue weighted by atomic mass is 35.5. The molecular weight excluding hydrogens is 243 g/mol. The molecule has 0 atom stereocenters.